The summed E-state index contributed by atoms with van der Waals surface area (Å²) in [5.74, 6) is -1.21. The van der Waals surface area contributed by atoms with Crippen LogP contribution in [0.3, 0.4) is 0 Å². The molecule has 0 aromatic rings. The van der Waals surface area contributed by atoms with Crippen molar-refractivity contribution >= 4 is 27.9 Å². The second kappa shape index (κ2) is 8.08. The van der Waals surface area contributed by atoms with E-state index in [9.17, 15) is 9.59 Å². The van der Waals surface area contributed by atoms with Crippen LogP contribution in [0.2, 0.25) is 0 Å². The average molecular weight is 319 g/mol. The van der Waals surface area contributed by atoms with Crippen molar-refractivity contribution < 1.29 is 19.1 Å². The Morgan fingerprint density at radius 1 is 1.22 bits per heavy atom. The summed E-state index contributed by atoms with van der Waals surface area (Å²) in [7, 11) is 0. The molecular formula is C13H19BrO4. The molecule has 0 saturated heterocycles. The summed E-state index contributed by atoms with van der Waals surface area (Å²) in [6.45, 7) is 11.0. The first-order chi connectivity index (χ1) is 8.44. The number of allylic oxidation sites excluding steroid dienone is 2. The third-order valence-corrected chi connectivity index (χ3v) is 2.60. The Hall–Kier alpha value is -1.10. The van der Waals surface area contributed by atoms with E-state index >= 15 is 0 Å². The number of hydrogen-bond acceptors (Lipinski definition) is 4. The van der Waals surface area contributed by atoms with Crippen LogP contribution in [0.1, 0.15) is 26.7 Å². The average Bonchev–Trinajstić information content (AvgIpc) is 2.28. The topological polar surface area (TPSA) is 52.6 Å². The molecule has 0 aliphatic heterocycles. The van der Waals surface area contributed by atoms with E-state index in [1.807, 2.05) is 0 Å². The summed E-state index contributed by atoms with van der Waals surface area (Å²) >= 11 is 3.17. The second-order valence-electron chi connectivity index (χ2n) is 3.71. The minimum Gasteiger partial charge on any atom is -0.465 e. The molecule has 0 bridgehead atoms. The van der Waals surface area contributed by atoms with Crippen LogP contribution in [-0.2, 0) is 19.1 Å². The lowest BCUT2D eigenvalue weighted by atomic mass is 9.81. The van der Waals surface area contributed by atoms with Crippen molar-refractivity contribution in [3.8, 4) is 0 Å². The van der Waals surface area contributed by atoms with Gasteiger partial charge in [0, 0.05) is 6.42 Å². The Labute approximate surface area is 116 Å². The molecular weight excluding hydrogens is 300 g/mol. The van der Waals surface area contributed by atoms with Crippen molar-refractivity contribution in [2.45, 2.75) is 26.7 Å². The second-order valence-corrected chi connectivity index (χ2v) is 4.83. The summed E-state index contributed by atoms with van der Waals surface area (Å²) in [6, 6.07) is 0. The Bertz CT molecular complexity index is 318. The summed E-state index contributed by atoms with van der Waals surface area (Å²) in [5.41, 5.74) is -1.39. The lowest BCUT2D eigenvalue weighted by Gasteiger charge is -2.27. The van der Waals surface area contributed by atoms with Crippen molar-refractivity contribution in [2.24, 2.45) is 5.41 Å². The molecule has 0 spiro atoms. The molecule has 0 fully saturated rings. The van der Waals surface area contributed by atoms with Crippen LogP contribution in [0.15, 0.2) is 23.7 Å². The van der Waals surface area contributed by atoms with E-state index < -0.39 is 17.4 Å². The van der Waals surface area contributed by atoms with E-state index in [1.165, 1.54) is 6.08 Å². The van der Waals surface area contributed by atoms with Gasteiger partial charge in [0.2, 0.25) is 0 Å². The summed E-state index contributed by atoms with van der Waals surface area (Å²) in [4.78, 5) is 24.1. The molecule has 0 aliphatic rings. The summed E-state index contributed by atoms with van der Waals surface area (Å²) in [5, 5.41) is 0. The van der Waals surface area contributed by atoms with E-state index in [0.29, 0.717) is 4.48 Å². The van der Waals surface area contributed by atoms with Gasteiger partial charge in [-0.25, -0.2) is 0 Å². The van der Waals surface area contributed by atoms with Gasteiger partial charge in [-0.05, 0) is 24.8 Å². The van der Waals surface area contributed by atoms with Gasteiger partial charge in [0.15, 0.2) is 5.41 Å². The van der Waals surface area contributed by atoms with Crippen molar-refractivity contribution in [2.75, 3.05) is 13.2 Å². The van der Waals surface area contributed by atoms with Gasteiger partial charge in [0.05, 0.1) is 13.2 Å². The number of carbonyl (C=O) groups is 2. The van der Waals surface area contributed by atoms with Crippen LogP contribution < -0.4 is 0 Å². The number of hydrogen-bond donors (Lipinski definition) is 0. The van der Waals surface area contributed by atoms with E-state index in [2.05, 4.69) is 29.1 Å². The first-order valence-electron chi connectivity index (χ1n) is 5.73. The van der Waals surface area contributed by atoms with E-state index in [4.69, 9.17) is 9.47 Å². The van der Waals surface area contributed by atoms with Gasteiger partial charge in [-0.2, -0.15) is 0 Å². The predicted molar refractivity (Wildman–Crippen MR) is 73.2 cm³/mol. The highest BCUT2D eigenvalue weighted by atomic mass is 79.9. The van der Waals surface area contributed by atoms with Crippen molar-refractivity contribution in [3.63, 3.8) is 0 Å². The van der Waals surface area contributed by atoms with Crippen molar-refractivity contribution in [1.82, 2.24) is 0 Å². The first-order valence-corrected chi connectivity index (χ1v) is 6.52. The highest BCUT2D eigenvalue weighted by Gasteiger charge is 2.48. The molecule has 18 heavy (non-hydrogen) atoms. The fourth-order valence-electron chi connectivity index (χ4n) is 1.58. The number of esters is 2. The fraction of sp³-hybridized carbons (Fsp3) is 0.538. The minimum atomic E-state index is -1.39. The largest absolute Gasteiger partial charge is 0.465 e. The van der Waals surface area contributed by atoms with Gasteiger partial charge in [0.25, 0.3) is 0 Å². The van der Waals surface area contributed by atoms with Gasteiger partial charge >= 0.3 is 11.9 Å². The highest BCUT2D eigenvalue weighted by molar-refractivity contribution is 9.11. The third-order valence-electron chi connectivity index (χ3n) is 2.32. The highest BCUT2D eigenvalue weighted by Crippen LogP contribution is 2.35. The number of halogens is 1. The lowest BCUT2D eigenvalue weighted by molar-refractivity contribution is -0.171. The maximum Gasteiger partial charge on any atom is 0.324 e. The van der Waals surface area contributed by atoms with Gasteiger partial charge in [0.1, 0.15) is 0 Å². The molecule has 0 radical (unpaired) electrons. The smallest absolute Gasteiger partial charge is 0.324 e. The summed E-state index contributed by atoms with van der Waals surface area (Å²) in [6.07, 6.45) is 1.77. The van der Waals surface area contributed by atoms with Crippen LogP contribution in [0.4, 0.5) is 0 Å². The molecule has 0 atom stereocenters. The minimum absolute atomic E-state index is 0.122. The monoisotopic (exact) mass is 318 g/mol. The molecule has 0 saturated carbocycles. The van der Waals surface area contributed by atoms with Gasteiger partial charge in [-0.1, -0.05) is 28.6 Å². The Morgan fingerprint density at radius 3 is 1.94 bits per heavy atom. The Morgan fingerprint density at radius 2 is 1.67 bits per heavy atom. The van der Waals surface area contributed by atoms with Gasteiger partial charge < -0.3 is 9.47 Å². The molecule has 0 heterocycles. The number of ether oxygens (including phenoxy) is 2. The zero-order chi connectivity index (χ0) is 14.2. The van der Waals surface area contributed by atoms with Crippen LogP contribution in [0.5, 0.6) is 0 Å². The van der Waals surface area contributed by atoms with E-state index in [1.54, 1.807) is 13.8 Å². The Balaban J connectivity index is 5.38. The summed E-state index contributed by atoms with van der Waals surface area (Å²) < 4.78 is 10.5. The molecule has 0 aromatic carbocycles. The van der Waals surface area contributed by atoms with Crippen LogP contribution in [0, 0.1) is 5.41 Å². The fourth-order valence-corrected chi connectivity index (χ4v) is 2.06. The van der Waals surface area contributed by atoms with Gasteiger partial charge in [-0.3, -0.25) is 9.59 Å². The molecule has 0 aromatic heterocycles. The SMILES string of the molecule is C=CCC(CC(=C)Br)(C(=O)OCC)C(=O)OCC. The van der Waals surface area contributed by atoms with Crippen molar-refractivity contribution in [1.29, 1.82) is 0 Å². The molecule has 0 amide bonds. The predicted octanol–water partition coefficient (Wildman–Crippen LogP) is 2.97. The van der Waals surface area contributed by atoms with Crippen LogP contribution >= 0.6 is 15.9 Å². The number of rotatable bonds is 8. The molecule has 4 nitrogen and oxygen atoms in total. The normalized spacial score (nSPS) is 10.6. The van der Waals surface area contributed by atoms with E-state index in [0.717, 1.165) is 0 Å². The molecule has 5 heteroatoms. The van der Waals surface area contributed by atoms with Crippen molar-refractivity contribution in [3.05, 3.63) is 23.7 Å². The first kappa shape index (κ1) is 16.9. The maximum absolute atomic E-state index is 12.1. The molecule has 0 N–H and O–H groups in total. The quantitative estimate of drug-likeness (QED) is 0.392. The van der Waals surface area contributed by atoms with E-state index in [-0.39, 0.29) is 26.1 Å². The molecule has 0 rings (SSSR count). The van der Waals surface area contributed by atoms with Crippen LogP contribution in [0.25, 0.3) is 0 Å². The van der Waals surface area contributed by atoms with Crippen LogP contribution in [-0.4, -0.2) is 25.2 Å². The number of carbonyl (C=O) groups excluding carboxylic acids is 2. The Kier molecular flexibility index (Phi) is 7.59. The molecule has 0 unspecified atom stereocenters. The zero-order valence-corrected chi connectivity index (χ0v) is 12.4. The molecule has 0 aliphatic carbocycles. The maximum atomic E-state index is 12.1. The standard InChI is InChI=1S/C13H19BrO4/c1-5-8-13(9-10(4)14,11(15)17-6-2)12(16)18-7-3/h5H,1,4,6-9H2,2-3H3. The molecule has 102 valence electrons. The third kappa shape index (κ3) is 4.29. The lowest BCUT2D eigenvalue weighted by Crippen LogP contribution is -2.42. The zero-order valence-electron chi connectivity index (χ0n) is 10.8. The van der Waals surface area contributed by atoms with Gasteiger partial charge in [-0.15, -0.1) is 6.58 Å².